The molecule has 4 aliphatic heterocycles. The maximum Gasteiger partial charge on any atom is 0.224 e. The van der Waals surface area contributed by atoms with Crippen LogP contribution in [0.5, 0.6) is 0 Å². The number of carbonyl (C=O) groups excluding carboxylic acids is 1. The quantitative estimate of drug-likeness (QED) is 0.780. The third-order valence-electron chi connectivity index (χ3n) is 4.66. The number of nitrogens with zero attached hydrogens (tertiary/aromatic N) is 2. The van der Waals surface area contributed by atoms with Crippen molar-refractivity contribution in [1.29, 1.82) is 0 Å². The van der Waals surface area contributed by atoms with Gasteiger partial charge in [0.25, 0.3) is 0 Å². The fourth-order valence-electron chi connectivity index (χ4n) is 3.35. The number of hydrogen-bond donors (Lipinski definition) is 2. The van der Waals surface area contributed by atoms with Crippen LogP contribution in [0.4, 0.5) is 0 Å². The fraction of sp³-hybridized carbons (Fsp3) is 0.0952. The first-order chi connectivity index (χ1) is 13.1. The van der Waals surface area contributed by atoms with Gasteiger partial charge in [0.05, 0.1) is 22.8 Å². The minimum absolute atomic E-state index is 0.172. The molecule has 0 saturated heterocycles. The van der Waals surface area contributed by atoms with Crippen LogP contribution in [0.25, 0.3) is 12.2 Å². The van der Waals surface area contributed by atoms with Crippen LogP contribution >= 0.6 is 0 Å². The highest BCUT2D eigenvalue weighted by atomic mass is 16.5. The van der Waals surface area contributed by atoms with Crippen molar-refractivity contribution in [2.75, 3.05) is 7.11 Å². The van der Waals surface area contributed by atoms with Crippen molar-refractivity contribution >= 4 is 29.4 Å². The van der Waals surface area contributed by atoms with Gasteiger partial charge in [0.2, 0.25) is 11.5 Å². The normalized spacial score (nSPS) is 25.1. The molecule has 4 aliphatic rings. The first-order valence-electron chi connectivity index (χ1n) is 8.58. The number of H-pyrrole nitrogens is 1. The molecule has 5 heterocycles. The molecule has 0 amide bonds. The fourth-order valence-corrected chi connectivity index (χ4v) is 3.35. The maximum atomic E-state index is 12.6. The molecule has 6 heteroatoms. The average molecular weight is 356 g/mol. The number of aromatic amines is 1. The zero-order valence-corrected chi connectivity index (χ0v) is 14.6. The van der Waals surface area contributed by atoms with E-state index < -0.39 is 5.72 Å². The van der Waals surface area contributed by atoms with Crippen molar-refractivity contribution in [3.8, 4) is 0 Å². The number of rotatable bonds is 1. The van der Waals surface area contributed by atoms with Crippen molar-refractivity contribution in [3.05, 3.63) is 82.5 Å². The molecule has 0 aromatic carbocycles. The first kappa shape index (κ1) is 15.7. The molecule has 0 radical (unpaired) electrons. The lowest BCUT2D eigenvalue weighted by molar-refractivity contribution is -0.130. The second kappa shape index (κ2) is 5.75. The molecule has 8 bridgehead atoms. The van der Waals surface area contributed by atoms with Gasteiger partial charge in [-0.2, -0.15) is 0 Å². The molecule has 1 aromatic rings. The number of ether oxygens (including phenoxy) is 1. The first-order valence-corrected chi connectivity index (χ1v) is 8.58. The Morgan fingerprint density at radius 1 is 0.889 bits per heavy atom. The van der Waals surface area contributed by atoms with Crippen LogP contribution in [0.2, 0.25) is 0 Å². The number of ketones is 1. The summed E-state index contributed by atoms with van der Waals surface area (Å²) in [6.07, 6.45) is 16.7. The van der Waals surface area contributed by atoms with E-state index in [1.165, 1.54) is 7.11 Å². The number of aliphatic imine (C=N–C) groups is 2. The minimum atomic E-state index is -1.26. The van der Waals surface area contributed by atoms with Crippen LogP contribution < -0.4 is 16.0 Å². The molecule has 0 spiro atoms. The molecular weight excluding hydrogens is 340 g/mol. The van der Waals surface area contributed by atoms with Crippen LogP contribution in [-0.4, -0.2) is 35.0 Å². The Hall–Kier alpha value is -3.51. The van der Waals surface area contributed by atoms with E-state index in [2.05, 4.69) is 20.3 Å². The summed E-state index contributed by atoms with van der Waals surface area (Å²) in [5.41, 5.74) is 2.55. The molecular formula is C21H16N4O2. The van der Waals surface area contributed by atoms with Crippen molar-refractivity contribution in [2.24, 2.45) is 9.98 Å². The van der Waals surface area contributed by atoms with Gasteiger partial charge in [0.15, 0.2) is 0 Å². The summed E-state index contributed by atoms with van der Waals surface area (Å²) >= 11 is 0. The summed E-state index contributed by atoms with van der Waals surface area (Å²) in [5.74, 6) is -0.172. The average Bonchev–Trinajstić information content (AvgIpc) is 3.40. The zero-order valence-electron chi connectivity index (χ0n) is 14.6. The van der Waals surface area contributed by atoms with Gasteiger partial charge in [-0.1, -0.05) is 0 Å². The lowest BCUT2D eigenvalue weighted by Gasteiger charge is -2.24. The second-order valence-electron chi connectivity index (χ2n) is 6.56. The lowest BCUT2D eigenvalue weighted by Crippen LogP contribution is -2.46. The van der Waals surface area contributed by atoms with Gasteiger partial charge in [0.1, 0.15) is 0 Å². The minimum Gasteiger partial charge on any atom is -0.355 e. The summed E-state index contributed by atoms with van der Waals surface area (Å²) in [5, 5.41) is 4.98. The molecule has 2 N–H and O–H groups in total. The molecule has 0 saturated carbocycles. The van der Waals surface area contributed by atoms with Gasteiger partial charge in [-0.25, -0.2) is 9.98 Å². The van der Waals surface area contributed by atoms with Crippen LogP contribution in [0.15, 0.2) is 81.7 Å². The molecule has 0 aliphatic carbocycles. The van der Waals surface area contributed by atoms with Gasteiger partial charge in [0, 0.05) is 35.7 Å². The Labute approximate surface area is 155 Å². The van der Waals surface area contributed by atoms with E-state index in [1.807, 2.05) is 54.7 Å². The van der Waals surface area contributed by atoms with E-state index >= 15 is 0 Å². The topological polar surface area (TPSA) is 78.8 Å². The van der Waals surface area contributed by atoms with E-state index in [-0.39, 0.29) is 5.78 Å². The predicted molar refractivity (Wildman–Crippen MR) is 104 cm³/mol. The molecule has 5 rings (SSSR count). The SMILES string of the molecule is COC12C=C3C=CC(=N3)C=C3C=CC(=N3)C=c3ccc([nH]3)=CC(=CC1=O)N2. The van der Waals surface area contributed by atoms with Crippen molar-refractivity contribution in [2.45, 2.75) is 5.72 Å². The summed E-state index contributed by atoms with van der Waals surface area (Å²) in [4.78, 5) is 25.1. The van der Waals surface area contributed by atoms with Crippen molar-refractivity contribution in [1.82, 2.24) is 10.3 Å². The Morgan fingerprint density at radius 2 is 1.59 bits per heavy atom. The van der Waals surface area contributed by atoms with Crippen molar-refractivity contribution < 1.29 is 9.53 Å². The van der Waals surface area contributed by atoms with Gasteiger partial charge < -0.3 is 15.0 Å². The van der Waals surface area contributed by atoms with Gasteiger partial charge >= 0.3 is 0 Å². The number of hydrogen-bond acceptors (Lipinski definition) is 5. The number of methoxy groups -OCH3 is 1. The van der Waals surface area contributed by atoms with Crippen molar-refractivity contribution in [3.63, 3.8) is 0 Å². The lowest BCUT2D eigenvalue weighted by atomic mass is 10.1. The highest BCUT2D eigenvalue weighted by Gasteiger charge is 2.40. The van der Waals surface area contributed by atoms with Gasteiger partial charge in [-0.3, -0.25) is 4.79 Å². The molecule has 132 valence electrons. The number of aromatic nitrogens is 1. The molecule has 6 nitrogen and oxygen atoms in total. The van der Waals surface area contributed by atoms with Crippen LogP contribution in [0, 0.1) is 0 Å². The van der Waals surface area contributed by atoms with E-state index in [1.54, 1.807) is 12.2 Å². The molecule has 27 heavy (non-hydrogen) atoms. The molecule has 1 aromatic heterocycles. The molecule has 1 atom stereocenters. The van der Waals surface area contributed by atoms with Gasteiger partial charge in [-0.05, 0) is 54.7 Å². The second-order valence-corrected chi connectivity index (χ2v) is 6.56. The third-order valence-corrected chi connectivity index (χ3v) is 4.66. The van der Waals surface area contributed by atoms with Gasteiger partial charge in [-0.15, -0.1) is 0 Å². The van der Waals surface area contributed by atoms with E-state index in [9.17, 15) is 4.79 Å². The van der Waals surface area contributed by atoms with Crippen LogP contribution in [0.3, 0.4) is 0 Å². The maximum absolute atomic E-state index is 12.6. The highest BCUT2D eigenvalue weighted by molar-refractivity contribution is 6.19. The van der Waals surface area contributed by atoms with E-state index in [0.29, 0.717) is 11.4 Å². The monoisotopic (exact) mass is 356 g/mol. The Kier molecular flexibility index (Phi) is 3.35. The molecule has 0 fully saturated rings. The summed E-state index contributed by atoms with van der Waals surface area (Å²) in [6, 6.07) is 3.92. The highest BCUT2D eigenvalue weighted by Crippen LogP contribution is 2.25. The zero-order chi connectivity index (χ0) is 18.4. The Balaban J connectivity index is 1.70. The van der Waals surface area contributed by atoms with Crippen LogP contribution in [-0.2, 0) is 9.53 Å². The smallest absolute Gasteiger partial charge is 0.224 e. The number of allylic oxidation sites excluding steroid dienone is 6. The Bertz CT molecular complexity index is 1200. The summed E-state index contributed by atoms with van der Waals surface area (Å²) in [7, 11) is 1.50. The summed E-state index contributed by atoms with van der Waals surface area (Å²) in [6.45, 7) is 0. The third kappa shape index (κ3) is 2.76. The van der Waals surface area contributed by atoms with E-state index in [0.717, 1.165) is 27.8 Å². The predicted octanol–water partition coefficient (Wildman–Crippen LogP) is 0.778. The number of carbonyl (C=O) groups is 1. The Morgan fingerprint density at radius 3 is 2.41 bits per heavy atom. The summed E-state index contributed by atoms with van der Waals surface area (Å²) < 4.78 is 5.55. The molecule has 1 unspecified atom stereocenters. The number of nitrogens with one attached hydrogen (secondary N) is 2. The van der Waals surface area contributed by atoms with Crippen LogP contribution in [0.1, 0.15) is 0 Å². The van der Waals surface area contributed by atoms with E-state index in [4.69, 9.17) is 4.74 Å². The number of fused-ring (bicyclic) bond motifs is 6. The standard InChI is InChI=1S/C21H16N4O2/c1-27-21-12-18-7-6-16(24-18)9-15-3-2-13(22-15)8-14-4-5-17(23-14)10-19(25-21)11-20(21)26/h2-12,23,25H,1H3. The largest absolute Gasteiger partial charge is 0.355 e.